The van der Waals surface area contributed by atoms with Gasteiger partial charge in [0.1, 0.15) is 5.75 Å². The van der Waals surface area contributed by atoms with Crippen LogP contribution >= 0.6 is 0 Å². The van der Waals surface area contributed by atoms with Gasteiger partial charge >= 0.3 is 0 Å². The molecule has 0 saturated heterocycles. The highest BCUT2D eigenvalue weighted by atomic mass is 16.3. The summed E-state index contributed by atoms with van der Waals surface area (Å²) < 4.78 is 0. The van der Waals surface area contributed by atoms with Crippen LogP contribution in [0.25, 0.3) is 0 Å². The SMILES string of the molecule is Cc1cc(C)c(N=Cc2cc(C(c3ccccc3)(c3ccccc3)c3ccccc3)cc(C(C)(C)c3ccccc3)c2O)c(C2CCCC2)c1. The summed E-state index contributed by atoms with van der Waals surface area (Å²) in [5, 5.41) is 12.4. The number of hydrogen-bond donors (Lipinski definition) is 1. The van der Waals surface area contributed by atoms with Gasteiger partial charge in [0.2, 0.25) is 0 Å². The molecule has 1 aliphatic carbocycles. The number of hydrogen-bond acceptors (Lipinski definition) is 2. The molecule has 250 valence electrons. The van der Waals surface area contributed by atoms with Crippen LogP contribution in [0, 0.1) is 13.8 Å². The van der Waals surface area contributed by atoms with Crippen LogP contribution in [-0.4, -0.2) is 11.3 Å². The molecule has 0 spiro atoms. The van der Waals surface area contributed by atoms with Gasteiger partial charge in [-0.05, 0) is 83.7 Å². The van der Waals surface area contributed by atoms with E-state index in [1.807, 2.05) is 12.3 Å². The van der Waals surface area contributed by atoms with E-state index >= 15 is 0 Å². The highest BCUT2D eigenvalue weighted by molar-refractivity contribution is 5.88. The molecule has 7 rings (SSSR count). The number of phenolic OH excluding ortho intramolecular Hbond substituents is 1. The highest BCUT2D eigenvalue weighted by Gasteiger charge is 2.40. The summed E-state index contributed by atoms with van der Waals surface area (Å²) in [6.45, 7) is 8.77. The maximum absolute atomic E-state index is 12.4. The zero-order valence-corrected chi connectivity index (χ0v) is 29.7. The Kier molecular flexibility index (Phi) is 9.29. The molecule has 0 aromatic heterocycles. The Morgan fingerprint density at radius 3 is 1.58 bits per heavy atom. The fraction of sp³-hybridized carbons (Fsp3) is 0.229. The molecule has 6 aromatic carbocycles. The summed E-state index contributed by atoms with van der Waals surface area (Å²) in [4.78, 5) is 5.27. The first-order chi connectivity index (χ1) is 24.3. The van der Waals surface area contributed by atoms with E-state index < -0.39 is 10.8 Å². The zero-order chi connectivity index (χ0) is 34.7. The molecular formula is C48H47NO. The van der Waals surface area contributed by atoms with Crippen molar-refractivity contribution in [3.8, 4) is 5.75 Å². The average molecular weight is 654 g/mol. The first-order valence-electron chi connectivity index (χ1n) is 18.1. The van der Waals surface area contributed by atoms with Crippen LogP contribution in [-0.2, 0) is 10.8 Å². The lowest BCUT2D eigenvalue weighted by molar-refractivity contribution is 0.451. The minimum Gasteiger partial charge on any atom is -0.507 e. The van der Waals surface area contributed by atoms with E-state index in [1.54, 1.807) is 0 Å². The van der Waals surface area contributed by atoms with Crippen molar-refractivity contribution in [1.82, 2.24) is 0 Å². The van der Waals surface area contributed by atoms with Gasteiger partial charge in [0.25, 0.3) is 0 Å². The predicted octanol–water partition coefficient (Wildman–Crippen LogP) is 12.1. The number of benzene rings is 6. The first kappa shape index (κ1) is 33.3. The lowest BCUT2D eigenvalue weighted by Crippen LogP contribution is -2.32. The molecular weight excluding hydrogens is 607 g/mol. The minimum absolute atomic E-state index is 0.265. The summed E-state index contributed by atoms with van der Waals surface area (Å²) in [6, 6.07) is 51.8. The number of nitrogens with zero attached hydrogens (tertiary/aromatic N) is 1. The fourth-order valence-corrected chi connectivity index (χ4v) is 8.37. The Balaban J connectivity index is 1.54. The van der Waals surface area contributed by atoms with E-state index in [4.69, 9.17) is 4.99 Å². The molecule has 1 saturated carbocycles. The smallest absolute Gasteiger partial charge is 0.128 e. The summed E-state index contributed by atoms with van der Waals surface area (Å²) in [6.07, 6.45) is 6.86. The second-order valence-corrected chi connectivity index (χ2v) is 14.6. The van der Waals surface area contributed by atoms with E-state index in [-0.39, 0.29) is 5.75 Å². The fourth-order valence-electron chi connectivity index (χ4n) is 8.37. The Morgan fingerprint density at radius 1 is 0.600 bits per heavy atom. The van der Waals surface area contributed by atoms with Gasteiger partial charge in [0, 0.05) is 22.8 Å². The monoisotopic (exact) mass is 653 g/mol. The quantitative estimate of drug-likeness (QED) is 0.122. The van der Waals surface area contributed by atoms with E-state index in [0.29, 0.717) is 11.5 Å². The van der Waals surface area contributed by atoms with Gasteiger partial charge in [-0.1, -0.05) is 166 Å². The van der Waals surface area contributed by atoms with Gasteiger partial charge in [0.05, 0.1) is 11.1 Å². The van der Waals surface area contributed by atoms with E-state index in [1.165, 1.54) is 42.4 Å². The molecule has 0 radical (unpaired) electrons. The van der Waals surface area contributed by atoms with E-state index in [9.17, 15) is 5.11 Å². The third-order valence-corrected chi connectivity index (χ3v) is 11.0. The van der Waals surface area contributed by atoms with Crippen LogP contribution in [0.4, 0.5) is 5.69 Å². The largest absolute Gasteiger partial charge is 0.507 e. The van der Waals surface area contributed by atoms with Gasteiger partial charge in [-0.3, -0.25) is 4.99 Å². The van der Waals surface area contributed by atoms with Gasteiger partial charge < -0.3 is 5.11 Å². The normalized spacial score (nSPS) is 14.0. The number of aliphatic imine (C=N–C) groups is 1. The van der Waals surface area contributed by atoms with Crippen LogP contribution in [0.1, 0.15) is 101 Å². The predicted molar refractivity (Wildman–Crippen MR) is 209 cm³/mol. The van der Waals surface area contributed by atoms with Crippen LogP contribution in [0.3, 0.4) is 0 Å². The molecule has 0 atom stereocenters. The van der Waals surface area contributed by atoms with Crippen molar-refractivity contribution in [2.45, 2.75) is 70.1 Å². The molecule has 1 N–H and O–H groups in total. The molecule has 0 amide bonds. The molecule has 0 aliphatic heterocycles. The second-order valence-electron chi connectivity index (χ2n) is 14.6. The Morgan fingerprint density at radius 2 is 1.08 bits per heavy atom. The van der Waals surface area contributed by atoms with Crippen LogP contribution < -0.4 is 0 Å². The molecule has 6 aromatic rings. The zero-order valence-electron chi connectivity index (χ0n) is 29.7. The van der Waals surface area contributed by atoms with Gasteiger partial charge in [-0.2, -0.15) is 0 Å². The maximum atomic E-state index is 12.4. The lowest BCUT2D eigenvalue weighted by atomic mass is 9.63. The number of phenols is 1. The molecule has 0 unspecified atom stereocenters. The first-order valence-corrected chi connectivity index (χ1v) is 18.1. The van der Waals surface area contributed by atoms with Gasteiger partial charge in [-0.15, -0.1) is 0 Å². The minimum atomic E-state index is -0.670. The summed E-state index contributed by atoms with van der Waals surface area (Å²) >= 11 is 0. The number of aryl methyl sites for hydroxylation is 2. The molecule has 1 fully saturated rings. The van der Waals surface area contributed by atoms with Gasteiger partial charge in [0.15, 0.2) is 0 Å². The maximum Gasteiger partial charge on any atom is 0.128 e. The number of rotatable bonds is 9. The van der Waals surface area contributed by atoms with Crippen molar-refractivity contribution < 1.29 is 5.11 Å². The average Bonchev–Trinajstić information content (AvgIpc) is 3.69. The van der Waals surface area contributed by atoms with Crippen molar-refractivity contribution in [2.24, 2.45) is 4.99 Å². The third-order valence-electron chi connectivity index (χ3n) is 11.0. The molecule has 2 nitrogen and oxygen atoms in total. The number of aromatic hydroxyl groups is 1. The van der Waals surface area contributed by atoms with E-state index in [0.717, 1.165) is 39.1 Å². The molecule has 0 heterocycles. The Labute approximate surface area is 298 Å². The topological polar surface area (TPSA) is 32.6 Å². The van der Waals surface area contributed by atoms with Gasteiger partial charge in [-0.25, -0.2) is 0 Å². The van der Waals surface area contributed by atoms with Crippen LogP contribution in [0.2, 0.25) is 0 Å². The van der Waals surface area contributed by atoms with Crippen molar-refractivity contribution in [2.75, 3.05) is 0 Å². The van der Waals surface area contributed by atoms with Crippen LogP contribution in [0.15, 0.2) is 151 Å². The molecule has 2 heteroatoms. The van der Waals surface area contributed by atoms with Crippen LogP contribution in [0.5, 0.6) is 5.75 Å². The molecule has 0 bridgehead atoms. The Hall–Kier alpha value is -5.21. The molecule has 1 aliphatic rings. The standard InChI is InChI=1S/C48H47NO/c1-34-29-35(2)45(43(30-34)36-19-17-18-20-36)49-33-37-31-42(32-44(46(37)50)47(3,4)38-21-9-5-10-22-38)48(39-23-11-6-12-24-39,40-25-13-7-14-26-40)41-27-15-8-16-28-41/h5-16,21-33,36,50H,17-20H2,1-4H3. The summed E-state index contributed by atoms with van der Waals surface area (Å²) in [5.41, 5.74) is 10.9. The van der Waals surface area contributed by atoms with E-state index in [2.05, 4.69) is 167 Å². The highest BCUT2D eigenvalue weighted by Crippen LogP contribution is 2.49. The second kappa shape index (κ2) is 14.0. The third kappa shape index (κ3) is 6.09. The summed E-state index contributed by atoms with van der Waals surface area (Å²) in [7, 11) is 0. The van der Waals surface area contributed by atoms with Crippen molar-refractivity contribution in [3.63, 3.8) is 0 Å². The summed E-state index contributed by atoms with van der Waals surface area (Å²) in [5.74, 6) is 0.789. The molecule has 50 heavy (non-hydrogen) atoms. The van der Waals surface area contributed by atoms with Crippen molar-refractivity contribution in [3.05, 3.63) is 201 Å². The van der Waals surface area contributed by atoms with Crippen molar-refractivity contribution in [1.29, 1.82) is 0 Å². The lowest BCUT2D eigenvalue weighted by Gasteiger charge is -2.38. The Bertz CT molecular complexity index is 1990. The van der Waals surface area contributed by atoms with Crippen molar-refractivity contribution >= 4 is 11.9 Å².